The average Bonchev–Trinajstić information content (AvgIpc) is 3.00. The first-order chi connectivity index (χ1) is 20.7. The number of hydrogen-bond acceptors (Lipinski definition) is 6. The summed E-state index contributed by atoms with van der Waals surface area (Å²) >= 11 is 18.6. The van der Waals surface area contributed by atoms with Crippen LogP contribution in [-0.2, 0) is 14.8 Å². The molecule has 0 saturated carbocycles. The first-order valence-corrected chi connectivity index (χ1v) is 17.6. The molecule has 242 valence electrons. The molecule has 0 radical (unpaired) electrons. The van der Waals surface area contributed by atoms with Gasteiger partial charge in [0.25, 0.3) is 5.91 Å². The zero-order valence-electron chi connectivity index (χ0n) is 25.6. The Balaban J connectivity index is 1.49. The van der Waals surface area contributed by atoms with E-state index in [1.165, 1.54) is 24.6 Å². The van der Waals surface area contributed by atoms with E-state index in [4.69, 9.17) is 39.9 Å². The first-order valence-electron chi connectivity index (χ1n) is 14.9. The summed E-state index contributed by atoms with van der Waals surface area (Å²) in [4.78, 5) is 34.7. The molecular formula is C31H42Cl3N5O4S. The number of likely N-dealkylation sites (tertiary alicyclic amines) is 2. The molecule has 2 amide bonds. The number of nitrogens with two attached hydrogens (primary N) is 1. The van der Waals surface area contributed by atoms with Crippen molar-refractivity contribution in [3.05, 3.63) is 62.6 Å². The SMILES string of the molecule is CN(C)C(=O)C1(N2CCCCC2)CCN(CCC(CN(C)C(=O)c2ccc(Cl)c(S(N)(=O)=O)c2)c2ccc(Cl)c(Cl)c2)CC1. The summed E-state index contributed by atoms with van der Waals surface area (Å²) in [5, 5.41) is 6.14. The third kappa shape index (κ3) is 8.07. The molecule has 1 unspecified atom stereocenters. The van der Waals surface area contributed by atoms with Gasteiger partial charge < -0.3 is 14.7 Å². The second-order valence-electron chi connectivity index (χ2n) is 12.2. The molecule has 0 aliphatic carbocycles. The molecule has 2 aromatic rings. The van der Waals surface area contributed by atoms with Crippen LogP contribution in [0.2, 0.25) is 15.1 Å². The molecule has 2 saturated heterocycles. The van der Waals surface area contributed by atoms with Gasteiger partial charge in [0.15, 0.2) is 0 Å². The summed E-state index contributed by atoms with van der Waals surface area (Å²) in [6, 6.07) is 9.57. The standard InChI is InChI=1S/C31H42Cl3N5O4S/c1-36(2)30(41)31(39-14-5-4-6-15-39)12-17-38(18-13-31)16-11-24(22-7-9-25(32)27(34)19-22)21-37(3)29(40)23-8-10-26(33)28(20-23)44(35,42)43/h7-10,19-20,24H,4-6,11-18,21H2,1-3H3,(H2,35,42,43). The van der Waals surface area contributed by atoms with E-state index in [2.05, 4.69) is 9.80 Å². The molecule has 2 aliphatic heterocycles. The lowest BCUT2D eigenvalue weighted by Crippen LogP contribution is -2.64. The van der Waals surface area contributed by atoms with Crippen molar-refractivity contribution >= 4 is 56.6 Å². The van der Waals surface area contributed by atoms with E-state index in [1.54, 1.807) is 22.9 Å². The number of nitrogens with zero attached hydrogens (tertiary/aromatic N) is 4. The number of primary sulfonamides is 1. The van der Waals surface area contributed by atoms with Crippen LogP contribution in [0.5, 0.6) is 0 Å². The molecule has 2 fully saturated rings. The molecule has 13 heteroatoms. The summed E-state index contributed by atoms with van der Waals surface area (Å²) in [5.74, 6) is -0.246. The van der Waals surface area contributed by atoms with Gasteiger partial charge in [-0.2, -0.15) is 0 Å². The number of benzene rings is 2. The van der Waals surface area contributed by atoms with Crippen molar-refractivity contribution in [1.29, 1.82) is 0 Å². The summed E-state index contributed by atoms with van der Waals surface area (Å²) in [5.41, 5.74) is 0.664. The van der Waals surface area contributed by atoms with E-state index in [0.717, 1.165) is 70.4 Å². The summed E-state index contributed by atoms with van der Waals surface area (Å²) < 4.78 is 23.9. The lowest BCUT2D eigenvalue weighted by Gasteiger charge is -2.50. The number of hydrogen-bond donors (Lipinski definition) is 1. The van der Waals surface area contributed by atoms with Gasteiger partial charge in [-0.3, -0.25) is 14.5 Å². The van der Waals surface area contributed by atoms with Crippen molar-refractivity contribution in [3.63, 3.8) is 0 Å². The molecule has 0 spiro atoms. The summed E-state index contributed by atoms with van der Waals surface area (Å²) in [7, 11) is 1.27. The van der Waals surface area contributed by atoms with E-state index in [9.17, 15) is 18.0 Å². The highest BCUT2D eigenvalue weighted by atomic mass is 35.5. The van der Waals surface area contributed by atoms with Gasteiger partial charge in [0.1, 0.15) is 10.4 Å². The molecule has 9 nitrogen and oxygen atoms in total. The number of piperidine rings is 2. The minimum atomic E-state index is -4.10. The molecule has 2 heterocycles. The molecular weight excluding hydrogens is 645 g/mol. The minimum Gasteiger partial charge on any atom is -0.347 e. The van der Waals surface area contributed by atoms with E-state index in [-0.39, 0.29) is 33.2 Å². The molecule has 44 heavy (non-hydrogen) atoms. The van der Waals surface area contributed by atoms with Gasteiger partial charge in [0, 0.05) is 52.3 Å². The fraction of sp³-hybridized carbons (Fsp3) is 0.548. The maximum atomic E-state index is 13.5. The molecule has 2 aromatic carbocycles. The topological polar surface area (TPSA) is 107 Å². The lowest BCUT2D eigenvalue weighted by molar-refractivity contribution is -0.147. The number of rotatable bonds is 10. The highest BCUT2D eigenvalue weighted by Gasteiger charge is 2.47. The predicted octanol–water partition coefficient (Wildman–Crippen LogP) is 4.95. The van der Waals surface area contributed by atoms with E-state index < -0.39 is 15.6 Å². The van der Waals surface area contributed by atoms with Crippen LogP contribution >= 0.6 is 34.8 Å². The predicted molar refractivity (Wildman–Crippen MR) is 176 cm³/mol. The smallest absolute Gasteiger partial charge is 0.253 e. The number of likely N-dealkylation sites (N-methyl/N-ethyl adjacent to an activating group) is 2. The third-order valence-corrected chi connectivity index (χ3v) is 11.1. The molecule has 0 bridgehead atoms. The van der Waals surface area contributed by atoms with Gasteiger partial charge in [-0.25, -0.2) is 13.6 Å². The van der Waals surface area contributed by atoms with Crippen LogP contribution in [-0.4, -0.2) is 106 Å². The monoisotopic (exact) mass is 685 g/mol. The Bertz CT molecular complexity index is 1460. The van der Waals surface area contributed by atoms with Crippen molar-refractivity contribution in [2.45, 2.75) is 54.9 Å². The largest absolute Gasteiger partial charge is 0.347 e. The number of amides is 2. The van der Waals surface area contributed by atoms with Crippen LogP contribution in [0.1, 0.15) is 60.4 Å². The van der Waals surface area contributed by atoms with Crippen molar-refractivity contribution in [1.82, 2.24) is 19.6 Å². The lowest BCUT2D eigenvalue weighted by atomic mass is 9.82. The zero-order chi connectivity index (χ0) is 32.2. The molecule has 1 atom stereocenters. The normalized spacial score (nSPS) is 18.5. The first kappa shape index (κ1) is 34.9. The van der Waals surface area contributed by atoms with E-state index in [1.807, 2.05) is 26.2 Å². The molecule has 2 aliphatic rings. The summed E-state index contributed by atoms with van der Waals surface area (Å²) in [6.07, 6.45) is 5.77. The van der Waals surface area contributed by atoms with Crippen molar-refractivity contribution in [2.75, 3.05) is 60.4 Å². The van der Waals surface area contributed by atoms with E-state index in [0.29, 0.717) is 16.6 Å². The van der Waals surface area contributed by atoms with Crippen LogP contribution in [0.15, 0.2) is 41.3 Å². The molecule has 0 aromatic heterocycles. The van der Waals surface area contributed by atoms with Crippen molar-refractivity contribution in [2.24, 2.45) is 5.14 Å². The fourth-order valence-electron chi connectivity index (χ4n) is 6.51. The Kier molecular flexibility index (Phi) is 11.6. The van der Waals surface area contributed by atoms with Crippen LogP contribution in [0.3, 0.4) is 0 Å². The van der Waals surface area contributed by atoms with E-state index >= 15 is 0 Å². The Morgan fingerprint density at radius 2 is 1.55 bits per heavy atom. The maximum absolute atomic E-state index is 13.5. The second-order valence-corrected chi connectivity index (χ2v) is 14.9. The molecule has 2 N–H and O–H groups in total. The summed E-state index contributed by atoms with van der Waals surface area (Å²) in [6.45, 7) is 4.67. The van der Waals surface area contributed by atoms with Gasteiger partial charge in [-0.1, -0.05) is 47.3 Å². The minimum absolute atomic E-state index is 0.0431. The Morgan fingerprint density at radius 3 is 2.14 bits per heavy atom. The number of halogens is 3. The Labute approximate surface area is 276 Å². The Morgan fingerprint density at radius 1 is 0.909 bits per heavy atom. The molecule has 4 rings (SSSR count). The van der Waals surface area contributed by atoms with Crippen LogP contribution < -0.4 is 5.14 Å². The van der Waals surface area contributed by atoms with Gasteiger partial charge in [0.05, 0.1) is 15.1 Å². The van der Waals surface area contributed by atoms with Gasteiger partial charge >= 0.3 is 0 Å². The number of carbonyl (C=O) groups excluding carboxylic acids is 2. The van der Waals surface area contributed by atoms with Gasteiger partial charge in [-0.05, 0) is 87.6 Å². The number of sulfonamides is 1. The van der Waals surface area contributed by atoms with Gasteiger partial charge in [-0.15, -0.1) is 0 Å². The quantitative estimate of drug-likeness (QED) is 0.379. The fourth-order valence-corrected chi connectivity index (χ4v) is 7.88. The average molecular weight is 687 g/mol. The van der Waals surface area contributed by atoms with Crippen LogP contribution in [0.4, 0.5) is 0 Å². The third-order valence-electron chi connectivity index (χ3n) is 8.98. The van der Waals surface area contributed by atoms with Gasteiger partial charge in [0.2, 0.25) is 15.9 Å². The van der Waals surface area contributed by atoms with Crippen LogP contribution in [0.25, 0.3) is 0 Å². The second kappa shape index (κ2) is 14.7. The zero-order valence-corrected chi connectivity index (χ0v) is 28.7. The van der Waals surface area contributed by atoms with Crippen molar-refractivity contribution < 1.29 is 18.0 Å². The highest BCUT2D eigenvalue weighted by Crippen LogP contribution is 2.35. The van der Waals surface area contributed by atoms with Crippen LogP contribution in [0, 0.1) is 0 Å². The van der Waals surface area contributed by atoms with Crippen molar-refractivity contribution in [3.8, 4) is 0 Å². The maximum Gasteiger partial charge on any atom is 0.253 e. The number of carbonyl (C=O) groups is 2. The Hall–Kier alpha value is -1.92. The highest BCUT2D eigenvalue weighted by molar-refractivity contribution is 7.89.